The third kappa shape index (κ3) is 4.92. The number of hydrogen-bond donors (Lipinski definition) is 1. The van der Waals surface area contributed by atoms with Crippen LogP contribution in [0.5, 0.6) is 0 Å². The second-order valence-electron chi connectivity index (χ2n) is 6.39. The summed E-state index contributed by atoms with van der Waals surface area (Å²) in [5.74, 6) is 1.61. The van der Waals surface area contributed by atoms with E-state index in [1.54, 1.807) is 0 Å². The molecule has 1 aliphatic rings. The number of hydrogen-bond acceptors (Lipinski definition) is 3. The Kier molecular flexibility index (Phi) is 6.34. The number of allylic oxidation sites excluding steroid dienone is 11. The van der Waals surface area contributed by atoms with Gasteiger partial charge in [0, 0.05) is 17.8 Å². The van der Waals surface area contributed by atoms with Gasteiger partial charge in [-0.1, -0.05) is 43.0 Å². The van der Waals surface area contributed by atoms with Crippen LogP contribution in [0.25, 0.3) is 11.3 Å². The molecular formula is C21H28N4. The van der Waals surface area contributed by atoms with Gasteiger partial charge >= 0.3 is 0 Å². The first kappa shape index (κ1) is 18.7. The van der Waals surface area contributed by atoms with E-state index >= 15 is 0 Å². The minimum absolute atomic E-state index is 0.715. The highest BCUT2D eigenvalue weighted by Gasteiger charge is 2.12. The van der Waals surface area contributed by atoms with Gasteiger partial charge in [0.2, 0.25) is 0 Å². The van der Waals surface area contributed by atoms with E-state index < -0.39 is 0 Å². The van der Waals surface area contributed by atoms with Crippen LogP contribution in [0.3, 0.4) is 0 Å². The van der Waals surface area contributed by atoms with Crippen LogP contribution in [0.2, 0.25) is 0 Å². The molecule has 0 aromatic carbocycles. The smallest absolute Gasteiger partial charge is 0.158 e. The molecule has 0 amide bonds. The summed E-state index contributed by atoms with van der Waals surface area (Å²) in [6.45, 7) is 12.0. The summed E-state index contributed by atoms with van der Waals surface area (Å²) in [7, 11) is 0. The number of nitrogens with zero attached hydrogens (tertiary/aromatic N) is 3. The Morgan fingerprint density at radius 1 is 1.32 bits per heavy atom. The van der Waals surface area contributed by atoms with Crippen LogP contribution in [-0.2, 0) is 6.42 Å². The maximum Gasteiger partial charge on any atom is 0.158 e. The van der Waals surface area contributed by atoms with Crippen molar-refractivity contribution in [2.45, 2.75) is 47.0 Å². The molecule has 2 N–H and O–H groups in total. The number of aromatic nitrogens is 3. The molecule has 0 fully saturated rings. The van der Waals surface area contributed by atoms with Crippen LogP contribution in [0, 0.1) is 0 Å². The first-order valence-electron chi connectivity index (χ1n) is 8.66. The van der Waals surface area contributed by atoms with Crippen molar-refractivity contribution >= 4 is 11.3 Å². The third-order valence-electron chi connectivity index (χ3n) is 4.22. The normalized spacial score (nSPS) is 17.1. The zero-order valence-corrected chi connectivity index (χ0v) is 15.7. The van der Waals surface area contributed by atoms with Gasteiger partial charge < -0.3 is 5.73 Å². The molecule has 0 bridgehead atoms. The van der Waals surface area contributed by atoms with E-state index in [1.807, 2.05) is 31.5 Å². The van der Waals surface area contributed by atoms with Gasteiger partial charge in [-0.3, -0.25) is 0 Å². The summed E-state index contributed by atoms with van der Waals surface area (Å²) in [6, 6.07) is 0. The highest BCUT2D eigenvalue weighted by Crippen LogP contribution is 2.18. The SMILES string of the molecule is C=C(C)c1nc(CC/C(N)=C(C)/C=C2/C=CC=CC2)nn1/C(C)=C\C. The summed E-state index contributed by atoms with van der Waals surface area (Å²) in [4.78, 5) is 4.62. The van der Waals surface area contributed by atoms with Crippen LogP contribution >= 0.6 is 0 Å². The molecule has 0 radical (unpaired) electrons. The maximum absolute atomic E-state index is 6.27. The standard InChI is InChI=1S/C21H28N4/c1-6-17(5)25-21(15(2)3)23-20(24-25)13-12-19(22)16(4)14-18-10-8-7-9-11-18/h6-10,14H,2,11-13,22H2,1,3-5H3/b17-6-,18-14-,19-16-. The zero-order valence-electron chi connectivity index (χ0n) is 15.7. The summed E-state index contributed by atoms with van der Waals surface area (Å²) < 4.78 is 1.85. The van der Waals surface area contributed by atoms with E-state index in [2.05, 4.69) is 54.0 Å². The molecule has 2 rings (SSSR count). The van der Waals surface area contributed by atoms with Gasteiger partial charge in [0.15, 0.2) is 11.6 Å². The second-order valence-corrected chi connectivity index (χ2v) is 6.39. The van der Waals surface area contributed by atoms with E-state index in [0.717, 1.165) is 47.0 Å². The number of aryl methyl sites for hydroxylation is 1. The van der Waals surface area contributed by atoms with Crippen LogP contribution in [0.4, 0.5) is 0 Å². The van der Waals surface area contributed by atoms with Gasteiger partial charge in [0.05, 0.1) is 0 Å². The van der Waals surface area contributed by atoms with E-state index in [1.165, 1.54) is 5.57 Å². The van der Waals surface area contributed by atoms with Crippen molar-refractivity contribution in [2.75, 3.05) is 0 Å². The molecular weight excluding hydrogens is 308 g/mol. The molecule has 0 atom stereocenters. The second kappa shape index (κ2) is 8.47. The number of nitrogens with two attached hydrogens (primary N) is 1. The van der Waals surface area contributed by atoms with Crippen molar-refractivity contribution in [1.29, 1.82) is 0 Å². The van der Waals surface area contributed by atoms with Gasteiger partial charge in [-0.25, -0.2) is 9.67 Å². The van der Waals surface area contributed by atoms with Gasteiger partial charge in [-0.05, 0) is 57.3 Å². The molecule has 132 valence electrons. The highest BCUT2D eigenvalue weighted by molar-refractivity contribution is 5.59. The third-order valence-corrected chi connectivity index (χ3v) is 4.22. The van der Waals surface area contributed by atoms with Gasteiger partial charge in [0.1, 0.15) is 0 Å². The quantitative estimate of drug-likeness (QED) is 0.812. The van der Waals surface area contributed by atoms with Crippen LogP contribution in [-0.4, -0.2) is 14.8 Å². The van der Waals surface area contributed by atoms with E-state index in [-0.39, 0.29) is 0 Å². The predicted octanol–water partition coefficient (Wildman–Crippen LogP) is 4.80. The van der Waals surface area contributed by atoms with E-state index in [9.17, 15) is 0 Å². The van der Waals surface area contributed by atoms with E-state index in [4.69, 9.17) is 5.73 Å². The van der Waals surface area contributed by atoms with Gasteiger partial charge in [0.25, 0.3) is 0 Å². The lowest BCUT2D eigenvalue weighted by Crippen LogP contribution is -2.04. The van der Waals surface area contributed by atoms with Crippen molar-refractivity contribution in [3.63, 3.8) is 0 Å². The van der Waals surface area contributed by atoms with Crippen LogP contribution in [0.1, 0.15) is 52.2 Å². The number of rotatable bonds is 6. The maximum atomic E-state index is 6.27. The Morgan fingerprint density at radius 3 is 2.68 bits per heavy atom. The Morgan fingerprint density at radius 2 is 2.08 bits per heavy atom. The first-order valence-corrected chi connectivity index (χ1v) is 8.66. The fourth-order valence-corrected chi connectivity index (χ4v) is 2.56. The Hall–Kier alpha value is -2.62. The molecule has 0 unspecified atom stereocenters. The molecule has 4 heteroatoms. The summed E-state index contributed by atoms with van der Waals surface area (Å²) in [5, 5.41) is 4.61. The Bertz CT molecular complexity index is 798. The molecule has 25 heavy (non-hydrogen) atoms. The average molecular weight is 336 g/mol. The van der Waals surface area contributed by atoms with Gasteiger partial charge in [-0.2, -0.15) is 5.10 Å². The molecule has 4 nitrogen and oxygen atoms in total. The van der Waals surface area contributed by atoms with Crippen molar-refractivity contribution < 1.29 is 0 Å². The molecule has 0 spiro atoms. The fourth-order valence-electron chi connectivity index (χ4n) is 2.56. The highest BCUT2D eigenvalue weighted by atomic mass is 15.4. The van der Waals surface area contributed by atoms with Crippen molar-refractivity contribution in [2.24, 2.45) is 5.73 Å². The van der Waals surface area contributed by atoms with Crippen molar-refractivity contribution in [1.82, 2.24) is 14.8 Å². The minimum atomic E-state index is 0.715. The predicted molar refractivity (Wildman–Crippen MR) is 107 cm³/mol. The Labute approximate surface area is 150 Å². The Balaban J connectivity index is 2.12. The molecule has 1 aromatic heterocycles. The van der Waals surface area contributed by atoms with E-state index in [0.29, 0.717) is 6.42 Å². The molecule has 1 aromatic rings. The van der Waals surface area contributed by atoms with Gasteiger partial charge in [-0.15, -0.1) is 0 Å². The lowest BCUT2D eigenvalue weighted by atomic mass is 10.0. The van der Waals surface area contributed by atoms with Crippen LogP contribution < -0.4 is 5.73 Å². The van der Waals surface area contributed by atoms with Crippen molar-refractivity contribution in [3.8, 4) is 0 Å². The molecule has 0 saturated heterocycles. The summed E-state index contributed by atoms with van der Waals surface area (Å²) >= 11 is 0. The van der Waals surface area contributed by atoms with Crippen molar-refractivity contribution in [3.05, 3.63) is 71.5 Å². The zero-order chi connectivity index (χ0) is 18.4. The lowest BCUT2D eigenvalue weighted by Gasteiger charge is -2.06. The molecule has 1 aliphatic carbocycles. The lowest BCUT2D eigenvalue weighted by molar-refractivity contribution is 0.804. The average Bonchev–Trinajstić information content (AvgIpc) is 3.04. The molecule has 1 heterocycles. The summed E-state index contributed by atoms with van der Waals surface area (Å²) in [5.41, 5.74) is 11.5. The molecule has 0 aliphatic heterocycles. The fraction of sp³-hybridized carbons (Fsp3) is 0.333. The van der Waals surface area contributed by atoms with Crippen LogP contribution in [0.15, 0.2) is 59.9 Å². The minimum Gasteiger partial charge on any atom is -0.402 e. The largest absolute Gasteiger partial charge is 0.402 e. The monoisotopic (exact) mass is 336 g/mol. The summed E-state index contributed by atoms with van der Waals surface area (Å²) in [6.07, 6.45) is 15.0. The topological polar surface area (TPSA) is 56.7 Å². The molecule has 0 saturated carbocycles. The first-order chi connectivity index (χ1) is 11.9.